The maximum Gasteiger partial charge on any atom is 0.260 e. The highest BCUT2D eigenvalue weighted by molar-refractivity contribution is 5.93. The van der Waals surface area contributed by atoms with Crippen LogP contribution in [0.5, 0.6) is 0 Å². The van der Waals surface area contributed by atoms with Crippen LogP contribution in [0, 0.1) is 6.92 Å². The van der Waals surface area contributed by atoms with E-state index >= 15 is 0 Å². The molecule has 5 nitrogen and oxygen atoms in total. The highest BCUT2D eigenvalue weighted by Gasteiger charge is 2.09. The number of rotatable bonds is 5. The molecule has 118 valence electrons. The van der Waals surface area contributed by atoms with Crippen LogP contribution in [0.1, 0.15) is 22.5 Å². The van der Waals surface area contributed by atoms with E-state index in [2.05, 4.69) is 40.0 Å². The highest BCUT2D eigenvalue weighted by atomic mass is 16.2. The molecule has 3 rings (SSSR count). The number of nitrogens with one attached hydrogen (secondary N) is 2. The van der Waals surface area contributed by atoms with E-state index in [1.165, 1.54) is 28.9 Å². The average molecular weight is 309 g/mol. The quantitative estimate of drug-likeness (QED) is 0.711. The van der Waals surface area contributed by atoms with Crippen molar-refractivity contribution in [2.45, 2.75) is 19.9 Å². The largest absolute Gasteiger partial charge is 0.352 e. The second-order valence-electron chi connectivity index (χ2n) is 5.52. The molecule has 0 aliphatic carbocycles. The smallest absolute Gasteiger partial charge is 0.260 e. The van der Waals surface area contributed by atoms with E-state index in [-0.39, 0.29) is 17.0 Å². The fourth-order valence-corrected chi connectivity index (χ4v) is 2.78. The number of aromatic amines is 1. The second kappa shape index (κ2) is 6.52. The van der Waals surface area contributed by atoms with E-state index in [1.807, 2.05) is 12.1 Å². The third-order valence-electron chi connectivity index (χ3n) is 3.92. The highest BCUT2D eigenvalue weighted by Crippen LogP contribution is 2.19. The first-order valence-electron chi connectivity index (χ1n) is 7.67. The summed E-state index contributed by atoms with van der Waals surface area (Å²) in [7, 11) is 0. The summed E-state index contributed by atoms with van der Waals surface area (Å²) in [6, 6.07) is 13.6. The molecule has 0 spiro atoms. The Morgan fingerprint density at radius 1 is 1.22 bits per heavy atom. The van der Waals surface area contributed by atoms with Gasteiger partial charge in [-0.15, -0.1) is 0 Å². The van der Waals surface area contributed by atoms with Crippen molar-refractivity contribution in [2.24, 2.45) is 0 Å². The Morgan fingerprint density at radius 3 is 2.87 bits per heavy atom. The van der Waals surface area contributed by atoms with Crippen LogP contribution in [0.2, 0.25) is 0 Å². The molecule has 0 unspecified atom stereocenters. The van der Waals surface area contributed by atoms with Crippen molar-refractivity contribution in [1.29, 1.82) is 0 Å². The predicted molar refractivity (Wildman–Crippen MR) is 90.7 cm³/mol. The van der Waals surface area contributed by atoms with Crippen molar-refractivity contribution >= 4 is 16.8 Å². The van der Waals surface area contributed by atoms with Crippen LogP contribution in [0.25, 0.3) is 10.9 Å². The molecule has 0 saturated heterocycles. The van der Waals surface area contributed by atoms with Gasteiger partial charge in [0.25, 0.3) is 11.5 Å². The molecule has 23 heavy (non-hydrogen) atoms. The number of pyridine rings is 1. The predicted octanol–water partition coefficient (Wildman–Crippen LogP) is 2.46. The van der Waals surface area contributed by atoms with E-state index < -0.39 is 0 Å². The number of carbonyl (C=O) groups is 1. The molecule has 0 fully saturated rings. The van der Waals surface area contributed by atoms with Gasteiger partial charge in [-0.05, 0) is 43.0 Å². The molecule has 2 aromatic heterocycles. The standard InChI is InChI=1S/C18H19N3O2/c1-13-12-14-6-2-3-8-16(14)21(13)11-5-10-20-18(23)15-7-4-9-19-17(15)22/h2-4,6-9,12H,5,10-11H2,1H3,(H,19,22)(H,20,23). The Morgan fingerprint density at radius 2 is 2.04 bits per heavy atom. The maximum atomic E-state index is 12.0. The van der Waals surface area contributed by atoms with E-state index in [0.717, 1.165) is 13.0 Å². The first-order valence-corrected chi connectivity index (χ1v) is 7.67. The van der Waals surface area contributed by atoms with Gasteiger partial charge in [0.1, 0.15) is 5.56 Å². The molecule has 0 radical (unpaired) electrons. The maximum absolute atomic E-state index is 12.0. The van der Waals surface area contributed by atoms with Gasteiger partial charge in [-0.2, -0.15) is 0 Å². The number of carbonyl (C=O) groups excluding carboxylic acids is 1. The van der Waals surface area contributed by atoms with Crippen LogP contribution in [0.3, 0.4) is 0 Å². The topological polar surface area (TPSA) is 66.9 Å². The SMILES string of the molecule is Cc1cc2ccccc2n1CCCNC(=O)c1ccc[nH]c1=O. The molecular formula is C18H19N3O2. The Hall–Kier alpha value is -2.82. The third-order valence-corrected chi connectivity index (χ3v) is 3.92. The number of H-pyrrole nitrogens is 1. The van der Waals surface area contributed by atoms with Gasteiger partial charge in [0, 0.05) is 30.5 Å². The van der Waals surface area contributed by atoms with Crippen molar-refractivity contribution in [3.63, 3.8) is 0 Å². The minimum atomic E-state index is -0.364. The van der Waals surface area contributed by atoms with Gasteiger partial charge >= 0.3 is 0 Å². The lowest BCUT2D eigenvalue weighted by Crippen LogP contribution is -2.30. The molecule has 3 aromatic rings. The Labute approximate surface area is 134 Å². The number of aromatic nitrogens is 2. The normalized spacial score (nSPS) is 10.8. The van der Waals surface area contributed by atoms with Gasteiger partial charge in [-0.25, -0.2) is 0 Å². The summed E-state index contributed by atoms with van der Waals surface area (Å²) < 4.78 is 2.25. The summed E-state index contributed by atoms with van der Waals surface area (Å²) in [5, 5.41) is 4.02. The van der Waals surface area contributed by atoms with Crippen molar-refractivity contribution in [2.75, 3.05) is 6.54 Å². The average Bonchev–Trinajstić information content (AvgIpc) is 2.87. The summed E-state index contributed by atoms with van der Waals surface area (Å²) in [6.45, 7) is 3.44. The Kier molecular flexibility index (Phi) is 4.28. The first kappa shape index (κ1) is 15.1. The van der Waals surface area contributed by atoms with Gasteiger partial charge in [-0.1, -0.05) is 18.2 Å². The van der Waals surface area contributed by atoms with Gasteiger partial charge in [0.05, 0.1) is 0 Å². The minimum absolute atomic E-state index is 0.148. The number of nitrogens with zero attached hydrogens (tertiary/aromatic N) is 1. The summed E-state index contributed by atoms with van der Waals surface area (Å²) in [4.78, 5) is 26.0. The second-order valence-corrected chi connectivity index (χ2v) is 5.52. The van der Waals surface area contributed by atoms with Gasteiger partial charge in [-0.3, -0.25) is 9.59 Å². The van der Waals surface area contributed by atoms with E-state index in [4.69, 9.17) is 0 Å². The zero-order valence-corrected chi connectivity index (χ0v) is 13.0. The lowest BCUT2D eigenvalue weighted by molar-refractivity contribution is 0.0951. The number of para-hydroxylation sites is 1. The Bertz CT molecular complexity index is 892. The first-order chi connectivity index (χ1) is 11.2. The fraction of sp³-hybridized carbons (Fsp3) is 0.222. The molecule has 0 saturated carbocycles. The van der Waals surface area contributed by atoms with Crippen LogP contribution in [0.4, 0.5) is 0 Å². The number of hydrogen-bond donors (Lipinski definition) is 2. The lowest BCUT2D eigenvalue weighted by Gasteiger charge is -2.09. The molecule has 1 aromatic carbocycles. The third kappa shape index (κ3) is 3.18. The molecule has 5 heteroatoms. The van der Waals surface area contributed by atoms with Crippen LogP contribution < -0.4 is 10.9 Å². The van der Waals surface area contributed by atoms with Gasteiger partial charge in [0.15, 0.2) is 0 Å². The summed E-state index contributed by atoms with van der Waals surface area (Å²) >= 11 is 0. The number of hydrogen-bond acceptors (Lipinski definition) is 2. The van der Waals surface area contributed by atoms with Crippen LogP contribution >= 0.6 is 0 Å². The summed E-state index contributed by atoms with van der Waals surface area (Å²) in [5.41, 5.74) is 2.19. The van der Waals surface area contributed by atoms with Gasteiger partial charge < -0.3 is 14.9 Å². The van der Waals surface area contributed by atoms with Gasteiger partial charge in [0.2, 0.25) is 0 Å². The zero-order valence-electron chi connectivity index (χ0n) is 13.0. The molecule has 0 aliphatic heterocycles. The van der Waals surface area contributed by atoms with E-state index in [9.17, 15) is 9.59 Å². The number of benzene rings is 1. The van der Waals surface area contributed by atoms with Crippen LogP contribution in [-0.2, 0) is 6.54 Å². The number of amides is 1. The van der Waals surface area contributed by atoms with Crippen molar-refractivity contribution in [1.82, 2.24) is 14.9 Å². The molecule has 0 bridgehead atoms. The molecule has 1 amide bonds. The van der Waals surface area contributed by atoms with Crippen molar-refractivity contribution in [3.05, 3.63) is 70.3 Å². The monoisotopic (exact) mass is 309 g/mol. The molecule has 2 N–H and O–H groups in total. The Balaban J connectivity index is 1.59. The van der Waals surface area contributed by atoms with E-state index in [0.29, 0.717) is 6.54 Å². The lowest BCUT2D eigenvalue weighted by atomic mass is 10.2. The summed E-state index contributed by atoms with van der Waals surface area (Å²) in [6.07, 6.45) is 2.31. The molecule has 0 atom stereocenters. The van der Waals surface area contributed by atoms with Crippen LogP contribution in [-0.4, -0.2) is 22.0 Å². The minimum Gasteiger partial charge on any atom is -0.352 e. The van der Waals surface area contributed by atoms with Crippen LogP contribution in [0.15, 0.2) is 53.5 Å². The molecule has 0 aliphatic rings. The van der Waals surface area contributed by atoms with Crippen molar-refractivity contribution < 1.29 is 4.79 Å². The summed E-state index contributed by atoms with van der Waals surface area (Å²) in [5.74, 6) is -0.332. The molecular weight excluding hydrogens is 290 g/mol. The van der Waals surface area contributed by atoms with Crippen molar-refractivity contribution in [3.8, 4) is 0 Å². The fourth-order valence-electron chi connectivity index (χ4n) is 2.78. The number of fused-ring (bicyclic) bond motifs is 1. The van der Waals surface area contributed by atoms with E-state index in [1.54, 1.807) is 6.07 Å². The zero-order chi connectivity index (χ0) is 16.2. The number of aryl methyl sites for hydroxylation is 2. The molecule has 2 heterocycles.